The molecule has 0 saturated heterocycles. The minimum absolute atomic E-state index is 0.400. The van der Waals surface area contributed by atoms with E-state index in [-0.39, 0.29) is 0 Å². The van der Waals surface area contributed by atoms with E-state index in [1.807, 2.05) is 11.3 Å². The Labute approximate surface area is 115 Å². The number of nitrogens with two attached hydrogens (primary N) is 1. The third-order valence-corrected chi connectivity index (χ3v) is 4.01. The van der Waals surface area contributed by atoms with Crippen molar-refractivity contribution in [2.75, 3.05) is 20.3 Å². The SMILES string of the molecule is CCCC(NC(CCCN)COC)c1cccs1. The zero-order valence-electron chi connectivity index (χ0n) is 11.5. The molecule has 0 aliphatic heterocycles. The smallest absolute Gasteiger partial charge is 0.0616 e. The zero-order valence-corrected chi connectivity index (χ0v) is 12.3. The maximum atomic E-state index is 5.59. The molecule has 3 nitrogen and oxygen atoms in total. The molecular formula is C14H26N2OS. The fraction of sp³-hybridized carbons (Fsp3) is 0.714. The number of hydrogen-bond acceptors (Lipinski definition) is 4. The van der Waals surface area contributed by atoms with Crippen molar-refractivity contribution in [3.8, 4) is 0 Å². The predicted octanol–water partition coefficient (Wildman–Crippen LogP) is 2.93. The highest BCUT2D eigenvalue weighted by atomic mass is 32.1. The number of hydrogen-bond donors (Lipinski definition) is 2. The maximum Gasteiger partial charge on any atom is 0.0616 e. The highest BCUT2D eigenvalue weighted by molar-refractivity contribution is 7.10. The van der Waals surface area contributed by atoms with E-state index in [1.54, 1.807) is 7.11 Å². The van der Waals surface area contributed by atoms with Gasteiger partial charge in [0.05, 0.1) is 6.61 Å². The second-order valence-corrected chi connectivity index (χ2v) is 5.59. The van der Waals surface area contributed by atoms with Gasteiger partial charge in [0, 0.05) is 24.1 Å². The molecule has 0 fully saturated rings. The molecule has 0 saturated carbocycles. The van der Waals surface area contributed by atoms with E-state index in [2.05, 4.69) is 29.8 Å². The summed E-state index contributed by atoms with van der Waals surface area (Å²) in [4.78, 5) is 1.42. The van der Waals surface area contributed by atoms with Gasteiger partial charge in [0.2, 0.25) is 0 Å². The van der Waals surface area contributed by atoms with Crippen molar-refractivity contribution >= 4 is 11.3 Å². The van der Waals surface area contributed by atoms with Gasteiger partial charge >= 0.3 is 0 Å². The fourth-order valence-electron chi connectivity index (χ4n) is 2.15. The summed E-state index contributed by atoms with van der Waals surface area (Å²) in [5.74, 6) is 0. The van der Waals surface area contributed by atoms with Gasteiger partial charge in [0.1, 0.15) is 0 Å². The van der Waals surface area contributed by atoms with Crippen LogP contribution in [0.25, 0.3) is 0 Å². The van der Waals surface area contributed by atoms with Crippen LogP contribution < -0.4 is 11.1 Å². The minimum Gasteiger partial charge on any atom is -0.383 e. The molecule has 3 N–H and O–H groups in total. The van der Waals surface area contributed by atoms with Crippen molar-refractivity contribution in [1.82, 2.24) is 5.32 Å². The van der Waals surface area contributed by atoms with Crippen molar-refractivity contribution in [3.05, 3.63) is 22.4 Å². The van der Waals surface area contributed by atoms with Crippen LogP contribution in [0.1, 0.15) is 43.5 Å². The third kappa shape index (κ3) is 5.48. The molecule has 0 bridgehead atoms. The summed E-state index contributed by atoms with van der Waals surface area (Å²) in [6, 6.07) is 5.19. The second kappa shape index (κ2) is 9.50. The Morgan fingerprint density at radius 1 is 1.44 bits per heavy atom. The van der Waals surface area contributed by atoms with Crippen LogP contribution in [0.15, 0.2) is 17.5 Å². The Balaban J connectivity index is 2.55. The first-order chi connectivity index (χ1) is 8.81. The average molecular weight is 270 g/mol. The van der Waals surface area contributed by atoms with Gasteiger partial charge in [-0.3, -0.25) is 0 Å². The molecule has 1 aromatic heterocycles. The molecule has 0 aromatic carbocycles. The van der Waals surface area contributed by atoms with Crippen LogP contribution in [-0.4, -0.2) is 26.3 Å². The van der Waals surface area contributed by atoms with Crippen LogP contribution in [0, 0.1) is 0 Å². The number of nitrogens with one attached hydrogen (secondary N) is 1. The summed E-state index contributed by atoms with van der Waals surface area (Å²) in [5.41, 5.74) is 5.59. The van der Waals surface area contributed by atoms with Gasteiger partial charge in [-0.2, -0.15) is 0 Å². The standard InChI is InChI=1S/C14H26N2OS/c1-3-6-13(14-8-5-10-18-14)16-12(11-17-2)7-4-9-15/h5,8,10,12-13,16H,3-4,6-7,9,11,15H2,1-2H3. The number of methoxy groups -OCH3 is 1. The van der Waals surface area contributed by atoms with Crippen LogP contribution in [-0.2, 0) is 4.74 Å². The van der Waals surface area contributed by atoms with Crippen LogP contribution in [0.2, 0.25) is 0 Å². The normalized spacial score (nSPS) is 14.6. The molecule has 0 amide bonds. The van der Waals surface area contributed by atoms with E-state index in [1.165, 1.54) is 17.7 Å². The van der Waals surface area contributed by atoms with Crippen LogP contribution in [0.4, 0.5) is 0 Å². The summed E-state index contributed by atoms with van der Waals surface area (Å²) in [7, 11) is 1.76. The Bertz CT molecular complexity index is 290. The summed E-state index contributed by atoms with van der Waals surface area (Å²) < 4.78 is 5.30. The highest BCUT2D eigenvalue weighted by Crippen LogP contribution is 2.24. The van der Waals surface area contributed by atoms with Crippen LogP contribution in [0.5, 0.6) is 0 Å². The maximum absolute atomic E-state index is 5.59. The molecule has 0 aliphatic carbocycles. The van der Waals surface area contributed by atoms with Crippen molar-refractivity contribution in [1.29, 1.82) is 0 Å². The molecule has 104 valence electrons. The number of thiophene rings is 1. The van der Waals surface area contributed by atoms with E-state index in [9.17, 15) is 0 Å². The molecule has 0 radical (unpaired) electrons. The first kappa shape index (κ1) is 15.6. The molecule has 1 aromatic rings. The van der Waals surface area contributed by atoms with Crippen molar-refractivity contribution < 1.29 is 4.74 Å². The van der Waals surface area contributed by atoms with Gasteiger partial charge < -0.3 is 15.8 Å². The predicted molar refractivity (Wildman–Crippen MR) is 79.1 cm³/mol. The lowest BCUT2D eigenvalue weighted by molar-refractivity contribution is 0.154. The molecule has 1 heterocycles. The Kier molecular flexibility index (Phi) is 8.25. The topological polar surface area (TPSA) is 47.3 Å². The first-order valence-electron chi connectivity index (χ1n) is 6.80. The lowest BCUT2D eigenvalue weighted by Gasteiger charge is -2.24. The van der Waals surface area contributed by atoms with Gasteiger partial charge in [-0.15, -0.1) is 11.3 Å². The molecule has 1 rings (SSSR count). The Hall–Kier alpha value is -0.420. The second-order valence-electron chi connectivity index (χ2n) is 4.61. The lowest BCUT2D eigenvalue weighted by Crippen LogP contribution is -2.36. The van der Waals surface area contributed by atoms with E-state index in [0.29, 0.717) is 12.1 Å². The van der Waals surface area contributed by atoms with Gasteiger partial charge in [-0.1, -0.05) is 19.4 Å². The molecule has 2 atom stereocenters. The summed E-state index contributed by atoms with van der Waals surface area (Å²) in [5, 5.41) is 5.87. The Morgan fingerprint density at radius 3 is 2.83 bits per heavy atom. The van der Waals surface area contributed by atoms with Crippen LogP contribution in [0.3, 0.4) is 0 Å². The number of rotatable bonds is 10. The van der Waals surface area contributed by atoms with Gasteiger partial charge in [-0.05, 0) is 37.3 Å². The fourth-order valence-corrected chi connectivity index (χ4v) is 2.97. The summed E-state index contributed by atoms with van der Waals surface area (Å²) >= 11 is 1.83. The molecule has 2 unspecified atom stereocenters. The summed E-state index contributed by atoms with van der Waals surface area (Å²) in [6.45, 7) is 3.73. The molecular weight excluding hydrogens is 244 g/mol. The minimum atomic E-state index is 0.400. The van der Waals surface area contributed by atoms with Crippen molar-refractivity contribution in [3.63, 3.8) is 0 Å². The molecule has 4 heteroatoms. The van der Waals surface area contributed by atoms with Crippen LogP contribution >= 0.6 is 11.3 Å². The lowest BCUT2D eigenvalue weighted by atomic mass is 10.1. The van der Waals surface area contributed by atoms with E-state index in [0.717, 1.165) is 26.0 Å². The van der Waals surface area contributed by atoms with Crippen molar-refractivity contribution in [2.45, 2.75) is 44.7 Å². The zero-order chi connectivity index (χ0) is 13.2. The molecule has 0 aliphatic rings. The first-order valence-corrected chi connectivity index (χ1v) is 7.68. The van der Waals surface area contributed by atoms with E-state index < -0.39 is 0 Å². The molecule has 0 spiro atoms. The average Bonchev–Trinajstić information content (AvgIpc) is 2.89. The summed E-state index contributed by atoms with van der Waals surface area (Å²) in [6.07, 6.45) is 4.48. The van der Waals surface area contributed by atoms with E-state index >= 15 is 0 Å². The van der Waals surface area contributed by atoms with E-state index in [4.69, 9.17) is 10.5 Å². The van der Waals surface area contributed by atoms with Gasteiger partial charge in [0.15, 0.2) is 0 Å². The van der Waals surface area contributed by atoms with Crippen molar-refractivity contribution in [2.24, 2.45) is 5.73 Å². The van der Waals surface area contributed by atoms with Gasteiger partial charge in [0.25, 0.3) is 0 Å². The third-order valence-electron chi connectivity index (χ3n) is 3.03. The number of ether oxygens (including phenoxy) is 1. The quantitative estimate of drug-likeness (QED) is 0.687. The monoisotopic (exact) mass is 270 g/mol. The highest BCUT2D eigenvalue weighted by Gasteiger charge is 2.16. The largest absolute Gasteiger partial charge is 0.383 e. The molecule has 18 heavy (non-hydrogen) atoms. The van der Waals surface area contributed by atoms with Gasteiger partial charge in [-0.25, -0.2) is 0 Å². The Morgan fingerprint density at radius 2 is 2.28 bits per heavy atom.